The molecule has 4 aliphatic heterocycles. The number of anilines is 1. The third-order valence-electron chi connectivity index (χ3n) is 9.12. The number of carbonyl (C=O) groups is 3. The quantitative estimate of drug-likeness (QED) is 0.529. The van der Waals surface area contributed by atoms with Crippen molar-refractivity contribution in [3.05, 3.63) is 90.5 Å². The van der Waals surface area contributed by atoms with Crippen molar-refractivity contribution in [2.45, 2.75) is 50.0 Å². The van der Waals surface area contributed by atoms with Gasteiger partial charge in [-0.2, -0.15) is 0 Å². The van der Waals surface area contributed by atoms with E-state index in [1.807, 2.05) is 91.9 Å². The Hall–Kier alpha value is -3.75. The summed E-state index contributed by atoms with van der Waals surface area (Å²) in [6, 6.07) is 16.9. The number of rotatable bonds is 7. The monoisotopic (exact) mass is 555 g/mol. The Labute approximate surface area is 240 Å². The van der Waals surface area contributed by atoms with Crippen molar-refractivity contribution in [3.8, 4) is 0 Å². The number of amides is 3. The van der Waals surface area contributed by atoms with E-state index in [2.05, 4.69) is 6.92 Å². The van der Waals surface area contributed by atoms with Gasteiger partial charge in [0.15, 0.2) is 0 Å². The predicted octanol–water partition coefficient (Wildman–Crippen LogP) is 3.49. The van der Waals surface area contributed by atoms with Crippen molar-refractivity contribution in [3.63, 3.8) is 0 Å². The highest BCUT2D eigenvalue weighted by Gasteiger charge is 2.75. The number of hydrogen-bond acceptors (Lipinski definition) is 5. The lowest BCUT2D eigenvalue weighted by atomic mass is 9.74. The largest absolute Gasteiger partial charge is 0.394 e. The SMILES string of the molecule is CCCCN1CC=C[C@]23O[C@]4(C)C=CCN(c5ccccc5)C(=O)[C@@H]4[C@H]2C(=O)N([C@H](CO)c2ccccc2)C3C1=O. The van der Waals surface area contributed by atoms with Crippen LogP contribution in [0.25, 0.3) is 0 Å². The molecular formula is C33H37N3O5. The number of fused-ring (bicyclic) bond motifs is 2. The molecule has 2 aromatic carbocycles. The van der Waals surface area contributed by atoms with E-state index in [0.717, 1.165) is 24.1 Å². The molecule has 6 atom stereocenters. The number of para-hydroxylation sites is 1. The fourth-order valence-electron chi connectivity index (χ4n) is 7.26. The highest BCUT2D eigenvalue weighted by atomic mass is 16.5. The van der Waals surface area contributed by atoms with E-state index in [-0.39, 0.29) is 24.3 Å². The number of carbonyl (C=O) groups excluding carboxylic acids is 3. The first kappa shape index (κ1) is 27.4. The van der Waals surface area contributed by atoms with Crippen LogP contribution in [0.15, 0.2) is 85.0 Å². The molecule has 8 heteroatoms. The van der Waals surface area contributed by atoms with Crippen LogP contribution in [-0.4, -0.2) is 76.1 Å². The minimum atomic E-state index is -1.36. The molecular weight excluding hydrogens is 518 g/mol. The van der Waals surface area contributed by atoms with Gasteiger partial charge in [-0.3, -0.25) is 14.4 Å². The Morgan fingerprint density at radius 1 is 0.902 bits per heavy atom. The Morgan fingerprint density at radius 3 is 2.27 bits per heavy atom. The second-order valence-electron chi connectivity index (χ2n) is 11.6. The molecule has 0 saturated carbocycles. The van der Waals surface area contributed by atoms with Crippen LogP contribution in [0.1, 0.15) is 38.3 Å². The fraction of sp³-hybridized carbons (Fsp3) is 0.424. The number of unbranched alkanes of at least 4 members (excludes halogenated alkanes) is 1. The summed E-state index contributed by atoms with van der Waals surface area (Å²) in [5.41, 5.74) is -1.01. The summed E-state index contributed by atoms with van der Waals surface area (Å²) in [6.45, 7) is 4.85. The second kappa shape index (κ2) is 10.6. The molecule has 3 amide bonds. The van der Waals surface area contributed by atoms with Gasteiger partial charge in [0.1, 0.15) is 11.6 Å². The fourth-order valence-corrected chi connectivity index (χ4v) is 7.26. The summed E-state index contributed by atoms with van der Waals surface area (Å²) in [5.74, 6) is -2.59. The van der Waals surface area contributed by atoms with Crippen molar-refractivity contribution in [1.82, 2.24) is 9.80 Å². The zero-order chi connectivity index (χ0) is 28.8. The van der Waals surface area contributed by atoms with Crippen LogP contribution in [0.4, 0.5) is 5.69 Å². The van der Waals surface area contributed by atoms with Crippen LogP contribution in [0.5, 0.6) is 0 Å². The molecule has 2 saturated heterocycles. The first-order chi connectivity index (χ1) is 19.9. The van der Waals surface area contributed by atoms with Gasteiger partial charge >= 0.3 is 0 Å². The Morgan fingerprint density at radius 2 is 1.59 bits per heavy atom. The smallest absolute Gasteiger partial charge is 0.249 e. The van der Waals surface area contributed by atoms with E-state index in [0.29, 0.717) is 19.6 Å². The first-order valence-electron chi connectivity index (χ1n) is 14.5. The minimum Gasteiger partial charge on any atom is -0.394 e. The van der Waals surface area contributed by atoms with Crippen LogP contribution in [-0.2, 0) is 19.1 Å². The van der Waals surface area contributed by atoms with Crippen LogP contribution in [0.3, 0.4) is 0 Å². The molecule has 0 bridgehead atoms. The normalized spacial score (nSPS) is 31.5. The average molecular weight is 556 g/mol. The van der Waals surface area contributed by atoms with Crippen molar-refractivity contribution < 1.29 is 24.2 Å². The van der Waals surface area contributed by atoms with E-state index in [9.17, 15) is 19.5 Å². The molecule has 0 aliphatic carbocycles. The molecule has 0 radical (unpaired) electrons. The summed E-state index contributed by atoms with van der Waals surface area (Å²) >= 11 is 0. The first-order valence-corrected chi connectivity index (χ1v) is 14.5. The van der Waals surface area contributed by atoms with Gasteiger partial charge in [-0.25, -0.2) is 0 Å². The number of hydrogen-bond donors (Lipinski definition) is 1. The van der Waals surface area contributed by atoms with E-state index in [1.165, 1.54) is 4.90 Å². The number of likely N-dealkylation sites (tertiary alicyclic amines) is 1. The van der Waals surface area contributed by atoms with E-state index in [4.69, 9.17) is 4.74 Å². The zero-order valence-corrected chi connectivity index (χ0v) is 23.6. The summed E-state index contributed by atoms with van der Waals surface area (Å²) in [6.07, 6.45) is 9.31. The van der Waals surface area contributed by atoms with Gasteiger partial charge in [0.25, 0.3) is 0 Å². The minimum absolute atomic E-state index is 0.215. The van der Waals surface area contributed by atoms with Gasteiger partial charge in [0.05, 0.1) is 30.1 Å². The third kappa shape index (κ3) is 4.23. The molecule has 8 nitrogen and oxygen atoms in total. The predicted molar refractivity (Wildman–Crippen MR) is 155 cm³/mol. The highest BCUT2D eigenvalue weighted by molar-refractivity contribution is 6.04. The highest BCUT2D eigenvalue weighted by Crippen LogP contribution is 2.58. The molecule has 4 heterocycles. The summed E-state index contributed by atoms with van der Waals surface area (Å²) in [5, 5.41) is 10.7. The maximum absolute atomic E-state index is 14.7. The molecule has 1 spiro atoms. The van der Waals surface area contributed by atoms with Crippen LogP contribution in [0, 0.1) is 11.8 Å². The standard InChI is InChI=1S/C33H37N3O5/c1-3-4-19-34-20-12-18-33-27(30(39)36(28(33)31(34)40)25(22-37)23-13-7-5-8-14-23)26-29(38)35(24-15-9-6-10-16-24)21-11-17-32(26,2)41-33/h5-18,25-28,37H,3-4,19-22H2,1-2H3/t25-,26+,27+,28?,32-,33+/m1/s1. The Bertz CT molecular complexity index is 1380. The average Bonchev–Trinajstić information content (AvgIpc) is 3.26. The molecule has 6 rings (SSSR count). The number of aliphatic hydroxyl groups is 1. The second-order valence-corrected chi connectivity index (χ2v) is 11.6. The number of ether oxygens (including phenoxy) is 1. The van der Waals surface area contributed by atoms with Gasteiger partial charge in [-0.1, -0.05) is 86.2 Å². The van der Waals surface area contributed by atoms with Gasteiger partial charge in [0.2, 0.25) is 17.7 Å². The third-order valence-corrected chi connectivity index (χ3v) is 9.12. The van der Waals surface area contributed by atoms with Gasteiger partial charge in [-0.15, -0.1) is 0 Å². The molecule has 1 unspecified atom stereocenters. The summed E-state index contributed by atoms with van der Waals surface area (Å²) < 4.78 is 6.92. The van der Waals surface area contributed by atoms with Crippen molar-refractivity contribution >= 4 is 23.4 Å². The molecule has 41 heavy (non-hydrogen) atoms. The number of benzene rings is 2. The molecule has 4 aliphatic rings. The van der Waals surface area contributed by atoms with Crippen LogP contribution < -0.4 is 4.90 Å². The number of nitrogens with zero attached hydrogens (tertiary/aromatic N) is 3. The van der Waals surface area contributed by atoms with Gasteiger partial charge < -0.3 is 24.5 Å². The molecule has 2 aromatic rings. The van der Waals surface area contributed by atoms with E-state index < -0.39 is 35.1 Å². The lowest BCUT2D eigenvalue weighted by Gasteiger charge is -2.40. The Kier molecular flexibility index (Phi) is 7.08. The molecule has 1 N–H and O–H groups in total. The molecule has 0 aromatic heterocycles. The summed E-state index contributed by atoms with van der Waals surface area (Å²) in [7, 11) is 0. The summed E-state index contributed by atoms with van der Waals surface area (Å²) in [4.78, 5) is 48.6. The van der Waals surface area contributed by atoms with Crippen molar-refractivity contribution in [1.29, 1.82) is 0 Å². The van der Waals surface area contributed by atoms with Gasteiger partial charge in [0, 0.05) is 25.3 Å². The lowest BCUT2D eigenvalue weighted by Crippen LogP contribution is -2.57. The maximum Gasteiger partial charge on any atom is 0.249 e. The van der Waals surface area contributed by atoms with Gasteiger partial charge in [-0.05, 0) is 31.0 Å². The topological polar surface area (TPSA) is 90.4 Å². The van der Waals surface area contributed by atoms with Crippen LogP contribution >= 0.6 is 0 Å². The Balaban J connectivity index is 1.50. The van der Waals surface area contributed by atoms with Crippen molar-refractivity contribution in [2.75, 3.05) is 31.1 Å². The van der Waals surface area contributed by atoms with E-state index >= 15 is 0 Å². The van der Waals surface area contributed by atoms with Crippen LogP contribution in [0.2, 0.25) is 0 Å². The van der Waals surface area contributed by atoms with E-state index in [1.54, 1.807) is 9.80 Å². The molecule has 214 valence electrons. The molecule has 2 fully saturated rings. The maximum atomic E-state index is 14.7. The lowest BCUT2D eigenvalue weighted by molar-refractivity contribution is -0.154. The zero-order valence-electron chi connectivity index (χ0n) is 23.6. The van der Waals surface area contributed by atoms with Crippen molar-refractivity contribution in [2.24, 2.45) is 11.8 Å². The number of aliphatic hydroxyl groups excluding tert-OH is 1.